The maximum atomic E-state index is 13.4. The Bertz CT molecular complexity index is 1290. The van der Waals surface area contributed by atoms with Crippen molar-refractivity contribution in [3.63, 3.8) is 0 Å². The zero-order chi connectivity index (χ0) is 26.7. The molecule has 0 spiro atoms. The Hall–Kier alpha value is -4.01. The molecule has 3 aromatic rings. The number of furan rings is 1. The molecule has 0 unspecified atom stereocenters. The summed E-state index contributed by atoms with van der Waals surface area (Å²) in [5.74, 6) is 0.136. The molecule has 0 saturated carbocycles. The minimum atomic E-state index is -0.856. The summed E-state index contributed by atoms with van der Waals surface area (Å²) in [5.41, 5.74) is 1.24. The van der Waals surface area contributed by atoms with Gasteiger partial charge in [0.2, 0.25) is 0 Å². The van der Waals surface area contributed by atoms with E-state index in [9.17, 15) is 14.4 Å². The van der Waals surface area contributed by atoms with Crippen LogP contribution in [0.2, 0.25) is 0 Å². The first kappa shape index (κ1) is 26.1. The van der Waals surface area contributed by atoms with Crippen molar-refractivity contribution in [3.8, 4) is 5.75 Å². The van der Waals surface area contributed by atoms with Crippen LogP contribution < -0.4 is 10.1 Å². The van der Waals surface area contributed by atoms with Crippen LogP contribution in [0.25, 0.3) is 11.0 Å². The Morgan fingerprint density at radius 2 is 1.84 bits per heavy atom. The highest BCUT2D eigenvalue weighted by molar-refractivity contribution is 6.07. The molecule has 1 aromatic heterocycles. The molecule has 1 N–H and O–H groups in total. The lowest BCUT2D eigenvalue weighted by Gasteiger charge is -2.27. The monoisotopic (exact) mass is 508 g/mol. The SMILES string of the molecule is COC(=O)[C@@H]1C[C@@H](NC(=O)c2c(C)oc3ccc(OCc4ccccc4)cc23)CN1C(=O)OC(C)(C)C. The second kappa shape index (κ2) is 10.5. The maximum Gasteiger partial charge on any atom is 0.411 e. The van der Waals surface area contributed by atoms with E-state index in [1.807, 2.05) is 30.3 Å². The normalized spacial score (nSPS) is 17.5. The lowest BCUT2D eigenvalue weighted by atomic mass is 10.1. The van der Waals surface area contributed by atoms with Crippen LogP contribution in [-0.2, 0) is 20.9 Å². The smallest absolute Gasteiger partial charge is 0.411 e. The Labute approximate surface area is 215 Å². The van der Waals surface area contributed by atoms with Crippen LogP contribution in [0, 0.1) is 6.92 Å². The first-order valence-electron chi connectivity index (χ1n) is 12.1. The number of fused-ring (bicyclic) bond motifs is 1. The van der Waals surface area contributed by atoms with E-state index in [1.165, 1.54) is 12.0 Å². The third-order valence-corrected chi connectivity index (χ3v) is 6.05. The minimum Gasteiger partial charge on any atom is -0.489 e. The van der Waals surface area contributed by atoms with E-state index in [2.05, 4.69) is 5.32 Å². The zero-order valence-corrected chi connectivity index (χ0v) is 21.7. The first-order chi connectivity index (χ1) is 17.6. The molecule has 1 aliphatic heterocycles. The quantitative estimate of drug-likeness (QED) is 0.485. The summed E-state index contributed by atoms with van der Waals surface area (Å²) < 4.78 is 22.1. The molecule has 0 bridgehead atoms. The van der Waals surface area contributed by atoms with Gasteiger partial charge in [-0.25, -0.2) is 9.59 Å². The highest BCUT2D eigenvalue weighted by Gasteiger charge is 2.43. The number of carbonyl (C=O) groups excluding carboxylic acids is 3. The average Bonchev–Trinajstić information content (AvgIpc) is 3.41. The zero-order valence-electron chi connectivity index (χ0n) is 21.7. The molecule has 9 nitrogen and oxygen atoms in total. The number of benzene rings is 2. The summed E-state index contributed by atoms with van der Waals surface area (Å²) in [6, 6.07) is 13.8. The van der Waals surface area contributed by atoms with Gasteiger partial charge in [0, 0.05) is 24.4 Å². The topological polar surface area (TPSA) is 107 Å². The number of rotatable bonds is 6. The van der Waals surface area contributed by atoms with Crippen LogP contribution in [0.4, 0.5) is 4.79 Å². The Morgan fingerprint density at radius 3 is 2.51 bits per heavy atom. The molecular weight excluding hydrogens is 476 g/mol. The fourth-order valence-corrected chi connectivity index (χ4v) is 4.39. The summed E-state index contributed by atoms with van der Waals surface area (Å²) in [4.78, 5) is 39.8. The van der Waals surface area contributed by atoms with Crippen LogP contribution >= 0.6 is 0 Å². The Morgan fingerprint density at radius 1 is 1.11 bits per heavy atom. The number of likely N-dealkylation sites (tertiary alicyclic amines) is 1. The molecule has 1 aliphatic rings. The number of methoxy groups -OCH3 is 1. The fraction of sp³-hybridized carbons (Fsp3) is 0.393. The molecule has 9 heteroatoms. The number of carbonyl (C=O) groups is 3. The molecule has 2 heterocycles. The highest BCUT2D eigenvalue weighted by atomic mass is 16.6. The molecule has 1 saturated heterocycles. The van der Waals surface area contributed by atoms with Gasteiger partial charge >= 0.3 is 12.1 Å². The van der Waals surface area contributed by atoms with Crippen molar-refractivity contribution in [3.05, 3.63) is 65.4 Å². The number of nitrogens with one attached hydrogen (secondary N) is 1. The molecule has 37 heavy (non-hydrogen) atoms. The van der Waals surface area contributed by atoms with Gasteiger partial charge in [0.05, 0.1) is 12.7 Å². The largest absolute Gasteiger partial charge is 0.489 e. The average molecular weight is 509 g/mol. The molecule has 2 amide bonds. The third-order valence-electron chi connectivity index (χ3n) is 6.05. The lowest BCUT2D eigenvalue weighted by Crippen LogP contribution is -2.44. The predicted octanol–water partition coefficient (Wildman–Crippen LogP) is 4.60. The third kappa shape index (κ3) is 6.04. The van der Waals surface area contributed by atoms with Gasteiger partial charge in [-0.2, -0.15) is 0 Å². The van der Waals surface area contributed by atoms with Crippen molar-refractivity contribution in [2.75, 3.05) is 13.7 Å². The minimum absolute atomic E-state index is 0.112. The Balaban J connectivity index is 1.51. The van der Waals surface area contributed by atoms with Gasteiger partial charge in [-0.15, -0.1) is 0 Å². The molecule has 2 aromatic carbocycles. The molecule has 2 atom stereocenters. The second-order valence-corrected chi connectivity index (χ2v) is 10.0. The van der Waals surface area contributed by atoms with Gasteiger partial charge in [0.15, 0.2) is 0 Å². The number of esters is 1. The van der Waals surface area contributed by atoms with E-state index in [4.69, 9.17) is 18.6 Å². The fourth-order valence-electron chi connectivity index (χ4n) is 4.39. The second-order valence-electron chi connectivity index (χ2n) is 10.0. The molecule has 1 fully saturated rings. The highest BCUT2D eigenvalue weighted by Crippen LogP contribution is 2.30. The summed E-state index contributed by atoms with van der Waals surface area (Å²) >= 11 is 0. The van der Waals surface area contributed by atoms with Gasteiger partial charge in [0.1, 0.15) is 35.3 Å². The summed E-state index contributed by atoms with van der Waals surface area (Å²) in [6.45, 7) is 7.47. The van der Waals surface area contributed by atoms with Crippen molar-refractivity contribution in [1.29, 1.82) is 0 Å². The van der Waals surface area contributed by atoms with E-state index in [1.54, 1.807) is 45.9 Å². The summed E-state index contributed by atoms with van der Waals surface area (Å²) in [5, 5.41) is 3.57. The van der Waals surface area contributed by atoms with Gasteiger partial charge < -0.3 is 23.9 Å². The van der Waals surface area contributed by atoms with Crippen LogP contribution in [0.1, 0.15) is 48.9 Å². The number of amides is 2. The molecular formula is C28H32N2O7. The van der Waals surface area contributed by atoms with Crippen molar-refractivity contribution in [1.82, 2.24) is 10.2 Å². The molecule has 4 rings (SSSR count). The summed E-state index contributed by atoms with van der Waals surface area (Å²) in [6.07, 6.45) is -0.428. The van der Waals surface area contributed by atoms with Crippen LogP contribution in [0.5, 0.6) is 5.75 Å². The number of ether oxygens (including phenoxy) is 3. The van der Waals surface area contributed by atoms with E-state index in [0.29, 0.717) is 34.6 Å². The lowest BCUT2D eigenvalue weighted by molar-refractivity contribution is -0.145. The van der Waals surface area contributed by atoms with Crippen LogP contribution in [0.3, 0.4) is 0 Å². The van der Waals surface area contributed by atoms with Crippen molar-refractivity contribution in [2.24, 2.45) is 0 Å². The molecule has 0 aliphatic carbocycles. The molecule has 0 radical (unpaired) electrons. The van der Waals surface area contributed by atoms with E-state index in [-0.39, 0.29) is 18.9 Å². The maximum absolute atomic E-state index is 13.4. The van der Waals surface area contributed by atoms with Crippen LogP contribution in [0.15, 0.2) is 52.9 Å². The standard InChI is InChI=1S/C28H32N2O7/c1-17-24(21-14-20(11-12-23(21)36-17)35-16-18-9-7-6-8-10-18)25(31)29-19-13-22(26(32)34-5)30(15-19)27(33)37-28(2,3)4/h6-12,14,19,22H,13,15-16H2,1-5H3,(H,29,31)/t19-,22+/m1/s1. The van der Waals surface area contributed by atoms with Crippen molar-refractivity contribution in [2.45, 2.75) is 58.4 Å². The van der Waals surface area contributed by atoms with Crippen LogP contribution in [-0.4, -0.2) is 54.2 Å². The van der Waals surface area contributed by atoms with E-state index >= 15 is 0 Å². The van der Waals surface area contributed by atoms with Crippen molar-refractivity contribution >= 4 is 28.9 Å². The van der Waals surface area contributed by atoms with Gasteiger partial charge in [0.25, 0.3) is 5.91 Å². The van der Waals surface area contributed by atoms with Crippen molar-refractivity contribution < 1.29 is 33.0 Å². The number of aryl methyl sites for hydroxylation is 1. The van der Waals surface area contributed by atoms with Gasteiger partial charge in [-0.3, -0.25) is 9.69 Å². The number of nitrogens with zero attached hydrogens (tertiary/aromatic N) is 1. The van der Waals surface area contributed by atoms with E-state index < -0.39 is 29.7 Å². The molecule has 196 valence electrons. The first-order valence-corrected chi connectivity index (χ1v) is 12.1. The van der Waals surface area contributed by atoms with E-state index in [0.717, 1.165) is 5.56 Å². The van der Waals surface area contributed by atoms with Gasteiger partial charge in [-0.1, -0.05) is 30.3 Å². The number of hydrogen-bond acceptors (Lipinski definition) is 7. The van der Waals surface area contributed by atoms with Gasteiger partial charge in [-0.05, 0) is 51.5 Å². The predicted molar refractivity (Wildman–Crippen MR) is 136 cm³/mol. The Kier molecular flexibility index (Phi) is 7.42. The number of hydrogen-bond donors (Lipinski definition) is 1. The summed E-state index contributed by atoms with van der Waals surface area (Å²) in [7, 11) is 1.26.